The molecule has 2 N–H and O–H groups in total. The molecule has 0 aliphatic carbocycles. The second kappa shape index (κ2) is 8.32. The number of nitrogens with one attached hydrogen (secondary N) is 1. The number of amides is 1. The normalized spacial score (nSPS) is 11.8. The Hall–Kier alpha value is -2.17. The number of aryl methyl sites for hydroxylation is 2. The molecule has 0 aliphatic heterocycles. The number of carbonyl (C=O) groups is 3. The van der Waals surface area contributed by atoms with Crippen LogP contribution in [-0.4, -0.2) is 28.8 Å². The van der Waals surface area contributed by atoms with Crippen molar-refractivity contribution in [1.82, 2.24) is 5.32 Å². The largest absolute Gasteiger partial charge is 0.480 e. The topological polar surface area (TPSA) is 83.5 Å². The van der Waals surface area contributed by atoms with Crippen LogP contribution in [0.5, 0.6) is 0 Å². The molecule has 0 aromatic heterocycles. The van der Waals surface area contributed by atoms with Crippen LogP contribution < -0.4 is 5.32 Å². The van der Waals surface area contributed by atoms with Crippen molar-refractivity contribution >= 4 is 17.7 Å². The van der Waals surface area contributed by atoms with Gasteiger partial charge in [-0.2, -0.15) is 0 Å². The summed E-state index contributed by atoms with van der Waals surface area (Å²) < 4.78 is 0. The third kappa shape index (κ3) is 5.31. The van der Waals surface area contributed by atoms with Gasteiger partial charge >= 0.3 is 5.97 Å². The lowest BCUT2D eigenvalue weighted by Crippen LogP contribution is -2.40. The van der Waals surface area contributed by atoms with E-state index in [0.29, 0.717) is 18.4 Å². The zero-order valence-electron chi connectivity index (χ0n) is 13.3. The first-order chi connectivity index (χ1) is 10.3. The average molecular weight is 305 g/mol. The van der Waals surface area contributed by atoms with Crippen LogP contribution in [0.2, 0.25) is 0 Å². The van der Waals surface area contributed by atoms with E-state index in [-0.39, 0.29) is 18.6 Å². The van der Waals surface area contributed by atoms with E-state index in [9.17, 15) is 14.4 Å². The molecule has 0 heterocycles. The number of hydrogen-bond acceptors (Lipinski definition) is 3. The molecule has 0 aliphatic rings. The maximum absolute atomic E-state index is 12.1. The number of benzene rings is 1. The highest BCUT2D eigenvalue weighted by Gasteiger charge is 2.19. The van der Waals surface area contributed by atoms with E-state index >= 15 is 0 Å². The number of carbonyl (C=O) groups excluding carboxylic acids is 2. The summed E-state index contributed by atoms with van der Waals surface area (Å²) in [6, 6.07) is 4.56. The monoisotopic (exact) mass is 305 g/mol. The Morgan fingerprint density at radius 1 is 1.14 bits per heavy atom. The minimum absolute atomic E-state index is 0.000742. The minimum atomic E-state index is -1.05. The van der Waals surface area contributed by atoms with E-state index < -0.39 is 17.9 Å². The van der Waals surface area contributed by atoms with Crippen LogP contribution in [0.15, 0.2) is 18.2 Å². The lowest BCUT2D eigenvalue weighted by atomic mass is 10.0. The summed E-state index contributed by atoms with van der Waals surface area (Å²) in [4.78, 5) is 34.8. The van der Waals surface area contributed by atoms with Gasteiger partial charge in [-0.15, -0.1) is 0 Å². The lowest BCUT2D eigenvalue weighted by Gasteiger charge is -2.13. The van der Waals surface area contributed by atoms with Crippen molar-refractivity contribution in [2.45, 2.75) is 52.5 Å². The van der Waals surface area contributed by atoms with Crippen LogP contribution in [0.4, 0.5) is 0 Å². The van der Waals surface area contributed by atoms with E-state index in [1.165, 1.54) is 0 Å². The molecule has 1 aromatic carbocycles. The standard InChI is InChI=1S/C17H23NO4/c1-4-5-14(17(21)22)18-16(20)9-8-15(19)13-7-6-11(2)12(3)10-13/h6-7,10,14H,4-5,8-9H2,1-3H3,(H,18,20)(H,21,22). The average Bonchev–Trinajstić information content (AvgIpc) is 2.47. The number of Topliss-reactive ketones (excluding diaryl/α,β-unsaturated/α-hetero) is 1. The molecule has 0 fully saturated rings. The zero-order valence-corrected chi connectivity index (χ0v) is 13.3. The SMILES string of the molecule is CCCC(NC(=O)CCC(=O)c1ccc(C)c(C)c1)C(=O)O. The molecule has 1 atom stereocenters. The molecule has 1 unspecified atom stereocenters. The molecule has 0 spiro atoms. The summed E-state index contributed by atoms with van der Waals surface area (Å²) in [6.07, 6.45) is 1.12. The van der Waals surface area contributed by atoms with Crippen molar-refractivity contribution in [3.05, 3.63) is 34.9 Å². The van der Waals surface area contributed by atoms with E-state index in [1.54, 1.807) is 6.07 Å². The summed E-state index contributed by atoms with van der Waals surface area (Å²) in [5.41, 5.74) is 2.72. The first-order valence-corrected chi connectivity index (χ1v) is 7.47. The molecule has 5 nitrogen and oxygen atoms in total. The Morgan fingerprint density at radius 2 is 1.82 bits per heavy atom. The molecule has 0 radical (unpaired) electrons. The quantitative estimate of drug-likeness (QED) is 0.723. The number of rotatable bonds is 8. The fourth-order valence-electron chi connectivity index (χ4n) is 2.10. The number of carboxylic acid groups (broad SMARTS) is 1. The first-order valence-electron chi connectivity index (χ1n) is 7.47. The highest BCUT2D eigenvalue weighted by molar-refractivity contribution is 5.98. The fourth-order valence-corrected chi connectivity index (χ4v) is 2.10. The van der Waals surface area contributed by atoms with Crippen LogP contribution in [0.3, 0.4) is 0 Å². The predicted octanol–water partition coefficient (Wildman–Crippen LogP) is 2.64. The molecule has 0 saturated carbocycles. The van der Waals surface area contributed by atoms with Gasteiger partial charge in [-0.3, -0.25) is 9.59 Å². The second-order valence-corrected chi connectivity index (χ2v) is 5.47. The fraction of sp³-hybridized carbons (Fsp3) is 0.471. The van der Waals surface area contributed by atoms with Crippen molar-refractivity contribution < 1.29 is 19.5 Å². The van der Waals surface area contributed by atoms with Crippen molar-refractivity contribution in [3.8, 4) is 0 Å². The molecule has 1 amide bonds. The third-order valence-corrected chi connectivity index (χ3v) is 3.62. The first kappa shape index (κ1) is 17.9. The number of ketones is 1. The highest BCUT2D eigenvalue weighted by Crippen LogP contribution is 2.12. The van der Waals surface area contributed by atoms with Crippen molar-refractivity contribution in [1.29, 1.82) is 0 Å². The van der Waals surface area contributed by atoms with Crippen molar-refractivity contribution in [2.75, 3.05) is 0 Å². The van der Waals surface area contributed by atoms with Gasteiger partial charge < -0.3 is 10.4 Å². The van der Waals surface area contributed by atoms with Gasteiger partial charge in [-0.05, 0) is 37.5 Å². The minimum Gasteiger partial charge on any atom is -0.480 e. The molecule has 0 saturated heterocycles. The van der Waals surface area contributed by atoms with Gasteiger partial charge in [0.15, 0.2) is 5.78 Å². The zero-order chi connectivity index (χ0) is 16.7. The molecule has 5 heteroatoms. The number of carboxylic acids is 1. The Balaban J connectivity index is 2.54. The Labute approximate surface area is 130 Å². The van der Waals surface area contributed by atoms with Crippen LogP contribution >= 0.6 is 0 Å². The molecule has 1 rings (SSSR count). The van der Waals surface area contributed by atoms with Crippen molar-refractivity contribution in [2.24, 2.45) is 0 Å². The van der Waals surface area contributed by atoms with Gasteiger partial charge in [-0.1, -0.05) is 25.5 Å². The van der Waals surface area contributed by atoms with Gasteiger partial charge in [0.1, 0.15) is 6.04 Å². The molecular weight excluding hydrogens is 282 g/mol. The molecule has 1 aromatic rings. The van der Waals surface area contributed by atoms with Crippen LogP contribution in [0.1, 0.15) is 54.1 Å². The van der Waals surface area contributed by atoms with Crippen LogP contribution in [0, 0.1) is 13.8 Å². The van der Waals surface area contributed by atoms with E-state index in [0.717, 1.165) is 11.1 Å². The smallest absolute Gasteiger partial charge is 0.326 e. The van der Waals surface area contributed by atoms with Gasteiger partial charge in [0.25, 0.3) is 0 Å². The number of aliphatic carboxylic acids is 1. The summed E-state index contributed by atoms with van der Waals surface area (Å²) in [5.74, 6) is -1.56. The van der Waals surface area contributed by atoms with E-state index in [2.05, 4.69) is 5.32 Å². The summed E-state index contributed by atoms with van der Waals surface area (Å²) in [5, 5.41) is 11.4. The molecule has 22 heavy (non-hydrogen) atoms. The number of hydrogen-bond donors (Lipinski definition) is 2. The Morgan fingerprint density at radius 3 is 2.36 bits per heavy atom. The van der Waals surface area contributed by atoms with E-state index in [1.807, 2.05) is 32.9 Å². The summed E-state index contributed by atoms with van der Waals surface area (Å²) in [6.45, 7) is 5.75. The molecule has 120 valence electrons. The molecular formula is C17H23NO4. The van der Waals surface area contributed by atoms with Crippen LogP contribution in [-0.2, 0) is 9.59 Å². The van der Waals surface area contributed by atoms with Crippen molar-refractivity contribution in [3.63, 3.8) is 0 Å². The third-order valence-electron chi connectivity index (χ3n) is 3.62. The lowest BCUT2D eigenvalue weighted by molar-refractivity contribution is -0.142. The summed E-state index contributed by atoms with van der Waals surface area (Å²) in [7, 11) is 0. The second-order valence-electron chi connectivity index (χ2n) is 5.47. The maximum Gasteiger partial charge on any atom is 0.326 e. The maximum atomic E-state index is 12.1. The van der Waals surface area contributed by atoms with Gasteiger partial charge in [0, 0.05) is 18.4 Å². The molecule has 0 bridgehead atoms. The Bertz CT molecular complexity index is 566. The Kier molecular flexibility index (Phi) is 6.76. The highest BCUT2D eigenvalue weighted by atomic mass is 16.4. The van der Waals surface area contributed by atoms with Crippen LogP contribution in [0.25, 0.3) is 0 Å². The van der Waals surface area contributed by atoms with Gasteiger partial charge in [0.2, 0.25) is 5.91 Å². The summed E-state index contributed by atoms with van der Waals surface area (Å²) >= 11 is 0. The predicted molar refractivity (Wildman–Crippen MR) is 84.0 cm³/mol. The van der Waals surface area contributed by atoms with E-state index in [4.69, 9.17) is 5.11 Å². The van der Waals surface area contributed by atoms with Gasteiger partial charge in [-0.25, -0.2) is 4.79 Å². The van der Waals surface area contributed by atoms with Gasteiger partial charge in [0.05, 0.1) is 0 Å².